The highest BCUT2D eigenvalue weighted by atomic mass is 16.1. The molecule has 0 radical (unpaired) electrons. The molecule has 0 atom stereocenters. The summed E-state index contributed by atoms with van der Waals surface area (Å²) in [5.74, 6) is 0.295. The minimum absolute atomic E-state index is 0.220. The molecule has 0 aliphatic rings. The number of para-hydroxylation sites is 2. The quantitative estimate of drug-likeness (QED) is 0.571. The molecule has 4 aromatic rings. The van der Waals surface area contributed by atoms with Crippen LogP contribution >= 0.6 is 0 Å². The molecule has 138 valence electrons. The van der Waals surface area contributed by atoms with Crippen LogP contribution < -0.4 is 16.2 Å². The molecule has 0 fully saturated rings. The smallest absolute Gasteiger partial charge is 0.293 e. The Hall–Kier alpha value is -4.07. The zero-order valence-electron chi connectivity index (χ0n) is 15.0. The Morgan fingerprint density at radius 2 is 1.82 bits per heavy atom. The summed E-state index contributed by atoms with van der Waals surface area (Å²) in [6.07, 6.45) is 4.50. The maximum Gasteiger partial charge on any atom is 0.293 e. The molecule has 2 heterocycles. The van der Waals surface area contributed by atoms with E-state index in [9.17, 15) is 9.59 Å². The van der Waals surface area contributed by atoms with E-state index in [4.69, 9.17) is 0 Å². The van der Waals surface area contributed by atoms with Gasteiger partial charge in [0.15, 0.2) is 11.6 Å². The van der Waals surface area contributed by atoms with E-state index in [1.54, 1.807) is 35.9 Å². The average Bonchev–Trinajstić information content (AvgIpc) is 2.73. The van der Waals surface area contributed by atoms with E-state index in [0.29, 0.717) is 22.6 Å². The van der Waals surface area contributed by atoms with Crippen molar-refractivity contribution in [1.29, 1.82) is 0 Å². The molecule has 0 saturated heterocycles. The second-order valence-electron chi connectivity index (χ2n) is 6.06. The SMILES string of the molecule is Cn1c(=O)c(Nc2ccc(C(=O)Nc3cnccn3)cc2)nc2ccccc21. The number of amides is 1. The van der Waals surface area contributed by atoms with E-state index < -0.39 is 0 Å². The van der Waals surface area contributed by atoms with E-state index in [-0.39, 0.29) is 17.3 Å². The summed E-state index contributed by atoms with van der Waals surface area (Å²) in [7, 11) is 1.71. The average molecular weight is 372 g/mol. The molecule has 0 saturated carbocycles. The number of nitrogens with one attached hydrogen (secondary N) is 2. The predicted octanol–water partition coefficient (Wildman–Crippen LogP) is 2.72. The van der Waals surface area contributed by atoms with Gasteiger partial charge < -0.3 is 15.2 Å². The second kappa shape index (κ2) is 7.28. The normalized spacial score (nSPS) is 10.6. The molecule has 28 heavy (non-hydrogen) atoms. The van der Waals surface area contributed by atoms with Gasteiger partial charge in [0.1, 0.15) is 0 Å². The van der Waals surface area contributed by atoms with Crippen LogP contribution in [0.15, 0.2) is 71.9 Å². The Labute approximate surface area is 159 Å². The summed E-state index contributed by atoms with van der Waals surface area (Å²) in [5, 5.41) is 5.69. The van der Waals surface area contributed by atoms with Crippen LogP contribution in [0.5, 0.6) is 0 Å². The fraction of sp³-hybridized carbons (Fsp3) is 0.0500. The van der Waals surface area contributed by atoms with E-state index in [1.807, 2.05) is 24.3 Å². The first kappa shape index (κ1) is 17.3. The Bertz CT molecular complexity index is 1200. The van der Waals surface area contributed by atoms with Crippen molar-refractivity contribution in [2.45, 2.75) is 0 Å². The summed E-state index contributed by atoms with van der Waals surface area (Å²) >= 11 is 0. The van der Waals surface area contributed by atoms with Gasteiger partial charge in [0.25, 0.3) is 11.5 Å². The largest absolute Gasteiger partial charge is 0.336 e. The summed E-state index contributed by atoms with van der Waals surface area (Å²) in [5.41, 5.74) is 2.34. The van der Waals surface area contributed by atoms with Gasteiger partial charge >= 0.3 is 0 Å². The van der Waals surface area contributed by atoms with Crippen LogP contribution in [0.4, 0.5) is 17.3 Å². The summed E-state index contributed by atoms with van der Waals surface area (Å²) in [6, 6.07) is 14.1. The Morgan fingerprint density at radius 1 is 1.04 bits per heavy atom. The third-order valence-electron chi connectivity index (χ3n) is 4.20. The van der Waals surface area contributed by atoms with Crippen molar-refractivity contribution >= 4 is 34.3 Å². The highest BCUT2D eigenvalue weighted by Crippen LogP contribution is 2.16. The number of carbonyl (C=O) groups is 1. The minimum Gasteiger partial charge on any atom is -0.336 e. The van der Waals surface area contributed by atoms with Crippen molar-refractivity contribution in [1.82, 2.24) is 19.5 Å². The van der Waals surface area contributed by atoms with Gasteiger partial charge in [0.2, 0.25) is 0 Å². The second-order valence-corrected chi connectivity index (χ2v) is 6.06. The van der Waals surface area contributed by atoms with E-state index in [1.165, 1.54) is 18.6 Å². The zero-order valence-corrected chi connectivity index (χ0v) is 15.0. The molecule has 0 aliphatic carbocycles. The summed E-state index contributed by atoms with van der Waals surface area (Å²) in [4.78, 5) is 37.1. The predicted molar refractivity (Wildman–Crippen MR) is 107 cm³/mol. The van der Waals surface area contributed by atoms with Crippen LogP contribution in [0.3, 0.4) is 0 Å². The highest BCUT2D eigenvalue weighted by Gasteiger charge is 2.10. The molecule has 8 heteroatoms. The van der Waals surface area contributed by atoms with Gasteiger partial charge in [-0.05, 0) is 36.4 Å². The number of benzene rings is 2. The molecule has 2 N–H and O–H groups in total. The number of hydrogen-bond acceptors (Lipinski definition) is 6. The summed E-state index contributed by atoms with van der Waals surface area (Å²) in [6.45, 7) is 0. The lowest BCUT2D eigenvalue weighted by Gasteiger charge is -2.10. The van der Waals surface area contributed by atoms with Crippen molar-refractivity contribution in [3.05, 3.63) is 83.0 Å². The topological polar surface area (TPSA) is 102 Å². The Balaban J connectivity index is 1.55. The van der Waals surface area contributed by atoms with Gasteiger partial charge in [0.05, 0.1) is 17.2 Å². The molecule has 2 aromatic carbocycles. The van der Waals surface area contributed by atoms with Crippen LogP contribution in [0.25, 0.3) is 11.0 Å². The monoisotopic (exact) mass is 372 g/mol. The van der Waals surface area contributed by atoms with Gasteiger partial charge in [-0.1, -0.05) is 12.1 Å². The maximum atomic E-state index is 12.5. The third-order valence-corrected chi connectivity index (χ3v) is 4.20. The van der Waals surface area contributed by atoms with Crippen LogP contribution in [0, 0.1) is 0 Å². The van der Waals surface area contributed by atoms with Crippen molar-refractivity contribution in [3.8, 4) is 0 Å². The van der Waals surface area contributed by atoms with Crippen LogP contribution in [0.2, 0.25) is 0 Å². The van der Waals surface area contributed by atoms with Gasteiger partial charge in [-0.25, -0.2) is 9.97 Å². The van der Waals surface area contributed by atoms with Crippen molar-refractivity contribution < 1.29 is 4.79 Å². The molecule has 4 rings (SSSR count). The van der Waals surface area contributed by atoms with Crippen molar-refractivity contribution in [3.63, 3.8) is 0 Å². The molecular weight excluding hydrogens is 356 g/mol. The van der Waals surface area contributed by atoms with Crippen LogP contribution in [-0.2, 0) is 7.05 Å². The molecule has 1 amide bonds. The van der Waals surface area contributed by atoms with Gasteiger partial charge in [-0.15, -0.1) is 0 Å². The minimum atomic E-state index is -0.299. The fourth-order valence-electron chi connectivity index (χ4n) is 2.75. The molecule has 0 spiro atoms. The number of carbonyl (C=O) groups excluding carboxylic acids is 1. The molecular formula is C20H16N6O2. The lowest BCUT2D eigenvalue weighted by atomic mass is 10.2. The first-order valence-electron chi connectivity index (χ1n) is 8.52. The first-order valence-corrected chi connectivity index (χ1v) is 8.52. The Morgan fingerprint density at radius 3 is 2.57 bits per heavy atom. The lowest BCUT2D eigenvalue weighted by molar-refractivity contribution is 0.102. The van der Waals surface area contributed by atoms with E-state index in [2.05, 4.69) is 25.6 Å². The number of rotatable bonds is 4. The number of aryl methyl sites for hydroxylation is 1. The lowest BCUT2D eigenvalue weighted by Crippen LogP contribution is -2.21. The number of nitrogens with zero attached hydrogens (tertiary/aromatic N) is 4. The third kappa shape index (κ3) is 3.43. The van der Waals surface area contributed by atoms with Gasteiger partial charge in [-0.2, -0.15) is 0 Å². The summed E-state index contributed by atoms with van der Waals surface area (Å²) < 4.78 is 1.55. The zero-order chi connectivity index (χ0) is 19.5. The number of aromatic nitrogens is 4. The molecule has 0 unspecified atom stereocenters. The molecule has 0 bridgehead atoms. The standard InChI is InChI=1S/C20H16N6O2/c1-26-16-5-3-2-4-15(16)24-18(20(26)28)23-14-8-6-13(7-9-14)19(27)25-17-12-21-10-11-22-17/h2-12H,1H3,(H,23,24)(H,22,25,27). The Kier molecular flexibility index (Phi) is 4.51. The van der Waals surface area contributed by atoms with Crippen LogP contribution in [0.1, 0.15) is 10.4 Å². The van der Waals surface area contributed by atoms with E-state index >= 15 is 0 Å². The van der Waals surface area contributed by atoms with Crippen LogP contribution in [-0.4, -0.2) is 25.4 Å². The highest BCUT2D eigenvalue weighted by molar-refractivity contribution is 6.03. The fourth-order valence-corrected chi connectivity index (χ4v) is 2.75. The molecule has 8 nitrogen and oxygen atoms in total. The van der Waals surface area contributed by atoms with Gasteiger partial charge in [-0.3, -0.25) is 14.6 Å². The van der Waals surface area contributed by atoms with Crippen molar-refractivity contribution in [2.24, 2.45) is 7.05 Å². The number of fused-ring (bicyclic) bond motifs is 1. The number of anilines is 3. The maximum absolute atomic E-state index is 12.5. The van der Waals surface area contributed by atoms with E-state index in [0.717, 1.165) is 5.52 Å². The first-order chi connectivity index (χ1) is 13.6. The molecule has 0 aliphatic heterocycles. The van der Waals surface area contributed by atoms with Gasteiger partial charge in [0, 0.05) is 30.7 Å². The number of hydrogen-bond donors (Lipinski definition) is 2. The van der Waals surface area contributed by atoms with Crippen molar-refractivity contribution in [2.75, 3.05) is 10.6 Å². The molecule has 2 aromatic heterocycles.